The van der Waals surface area contributed by atoms with Gasteiger partial charge >= 0.3 is 0 Å². The van der Waals surface area contributed by atoms with Crippen LogP contribution in [-0.2, 0) is 4.84 Å². The second-order valence-electron chi connectivity index (χ2n) is 6.54. The molecule has 28 heavy (non-hydrogen) atoms. The first-order valence-electron chi connectivity index (χ1n) is 8.69. The second kappa shape index (κ2) is 8.00. The molecule has 0 aliphatic heterocycles. The Morgan fingerprint density at radius 1 is 1.29 bits per heavy atom. The number of anilines is 1. The second-order valence-corrected chi connectivity index (χ2v) is 6.95. The molecule has 7 nitrogen and oxygen atoms in total. The lowest BCUT2D eigenvalue weighted by atomic mass is 9.97. The molecule has 0 saturated carbocycles. The average Bonchev–Trinajstić information content (AvgIpc) is 2.66. The molecule has 146 valence electrons. The summed E-state index contributed by atoms with van der Waals surface area (Å²) in [5, 5.41) is 16.2. The molecule has 1 amide bonds. The number of rotatable bonds is 5. The number of hydrogen-bond donors (Lipinski definition) is 2. The summed E-state index contributed by atoms with van der Waals surface area (Å²) >= 11 is 6.31. The lowest BCUT2D eigenvalue weighted by molar-refractivity contribution is -0.0757. The predicted octanol–water partition coefficient (Wildman–Crippen LogP) is 4.11. The van der Waals surface area contributed by atoms with E-state index in [1.165, 1.54) is 14.2 Å². The van der Waals surface area contributed by atoms with Crippen LogP contribution in [0.25, 0.3) is 22.0 Å². The largest absolute Gasteiger partial charge is 0.506 e. The third-order valence-electron chi connectivity index (χ3n) is 4.20. The van der Waals surface area contributed by atoms with Crippen LogP contribution < -0.4 is 5.32 Å². The van der Waals surface area contributed by atoms with Crippen molar-refractivity contribution in [3.05, 3.63) is 47.1 Å². The fourth-order valence-corrected chi connectivity index (χ4v) is 3.06. The zero-order valence-corrected chi connectivity index (χ0v) is 16.8. The summed E-state index contributed by atoms with van der Waals surface area (Å²) in [6.45, 7) is 3.91. The quantitative estimate of drug-likeness (QED) is 0.626. The smallest absolute Gasteiger partial charge is 0.283 e. The number of halogens is 1. The van der Waals surface area contributed by atoms with E-state index in [9.17, 15) is 9.90 Å². The number of aromatic hydroxyl groups is 1. The molecule has 0 radical (unpaired) electrons. The Balaban J connectivity index is 2.33. The van der Waals surface area contributed by atoms with E-state index in [1.807, 2.05) is 13.8 Å². The van der Waals surface area contributed by atoms with Gasteiger partial charge < -0.3 is 10.4 Å². The first-order chi connectivity index (χ1) is 13.3. The number of hydroxylamine groups is 2. The van der Waals surface area contributed by atoms with Crippen LogP contribution >= 0.6 is 11.6 Å². The molecule has 0 aliphatic carbocycles. The van der Waals surface area contributed by atoms with Crippen molar-refractivity contribution < 1.29 is 14.7 Å². The number of benzene rings is 2. The van der Waals surface area contributed by atoms with Crippen LogP contribution in [0.3, 0.4) is 0 Å². The standard InChI is InChI=1S/C20H21ClN4O3/c1-11(2)23-20-22-10-12-9-14(13-7-5-6-8-15(13)21)18(26)16(17(12)24-20)19(27)25(3)28-4/h5-11,26H,1-4H3,(H,22,23,24). The van der Waals surface area contributed by atoms with E-state index in [2.05, 4.69) is 15.3 Å². The van der Waals surface area contributed by atoms with Crippen LogP contribution in [0.5, 0.6) is 5.75 Å². The summed E-state index contributed by atoms with van der Waals surface area (Å²) in [5.41, 5.74) is 1.35. The van der Waals surface area contributed by atoms with Crippen LogP contribution in [0, 0.1) is 0 Å². The van der Waals surface area contributed by atoms with E-state index in [-0.39, 0.29) is 17.4 Å². The van der Waals surface area contributed by atoms with Crippen molar-refractivity contribution in [2.24, 2.45) is 0 Å². The highest BCUT2D eigenvalue weighted by Crippen LogP contribution is 2.40. The summed E-state index contributed by atoms with van der Waals surface area (Å²) < 4.78 is 0. The van der Waals surface area contributed by atoms with E-state index < -0.39 is 5.91 Å². The molecule has 0 saturated heterocycles. The molecule has 0 atom stereocenters. The number of phenols is 1. The van der Waals surface area contributed by atoms with Crippen molar-refractivity contribution in [3.63, 3.8) is 0 Å². The van der Waals surface area contributed by atoms with Crippen LogP contribution in [0.4, 0.5) is 5.95 Å². The first kappa shape index (κ1) is 19.9. The number of aromatic nitrogens is 2. The maximum Gasteiger partial charge on any atom is 0.283 e. The zero-order chi connectivity index (χ0) is 20.4. The third kappa shape index (κ3) is 3.72. The van der Waals surface area contributed by atoms with E-state index >= 15 is 0 Å². The van der Waals surface area contributed by atoms with Gasteiger partial charge in [-0.2, -0.15) is 0 Å². The number of amides is 1. The highest BCUT2D eigenvalue weighted by Gasteiger charge is 2.25. The Hall–Kier alpha value is -2.90. The molecule has 0 spiro atoms. The summed E-state index contributed by atoms with van der Waals surface area (Å²) in [5.74, 6) is -0.390. The number of carbonyl (C=O) groups excluding carboxylic acids is 1. The Bertz CT molecular complexity index is 1040. The van der Waals surface area contributed by atoms with Gasteiger partial charge in [0.05, 0.1) is 12.6 Å². The van der Waals surface area contributed by atoms with Gasteiger partial charge in [0.25, 0.3) is 5.91 Å². The van der Waals surface area contributed by atoms with Crippen molar-refractivity contribution in [3.8, 4) is 16.9 Å². The number of fused-ring (bicyclic) bond motifs is 1. The average molecular weight is 401 g/mol. The molecule has 2 aromatic carbocycles. The lowest BCUT2D eigenvalue weighted by Crippen LogP contribution is -2.26. The predicted molar refractivity (Wildman–Crippen MR) is 110 cm³/mol. The molecule has 0 aliphatic rings. The van der Waals surface area contributed by atoms with Gasteiger partial charge in [0.2, 0.25) is 5.95 Å². The number of hydrogen-bond acceptors (Lipinski definition) is 6. The van der Waals surface area contributed by atoms with Crippen molar-refractivity contribution in [2.75, 3.05) is 19.5 Å². The van der Waals surface area contributed by atoms with Crippen molar-refractivity contribution >= 4 is 34.4 Å². The molecule has 3 aromatic rings. The van der Waals surface area contributed by atoms with E-state index in [0.717, 1.165) is 5.06 Å². The molecule has 0 fully saturated rings. The van der Waals surface area contributed by atoms with E-state index in [1.54, 1.807) is 36.5 Å². The number of phenolic OH excluding ortho intramolecular Hbond substituents is 1. The van der Waals surface area contributed by atoms with Gasteiger partial charge in [-0.1, -0.05) is 29.8 Å². The van der Waals surface area contributed by atoms with Gasteiger partial charge in [-0.3, -0.25) is 9.63 Å². The van der Waals surface area contributed by atoms with E-state index in [0.29, 0.717) is 33.0 Å². The van der Waals surface area contributed by atoms with Crippen LogP contribution in [0.15, 0.2) is 36.5 Å². The monoisotopic (exact) mass is 400 g/mol. The fourth-order valence-electron chi connectivity index (χ4n) is 2.82. The highest BCUT2D eigenvalue weighted by atomic mass is 35.5. The Morgan fingerprint density at radius 3 is 2.64 bits per heavy atom. The van der Waals surface area contributed by atoms with Gasteiger partial charge in [-0.05, 0) is 26.0 Å². The molecule has 8 heteroatoms. The number of carbonyl (C=O) groups is 1. The Labute approximate surface area is 167 Å². The summed E-state index contributed by atoms with van der Waals surface area (Å²) in [6.07, 6.45) is 1.61. The van der Waals surface area contributed by atoms with Crippen LogP contribution in [0.2, 0.25) is 5.02 Å². The third-order valence-corrected chi connectivity index (χ3v) is 4.53. The molecule has 2 N–H and O–H groups in total. The summed E-state index contributed by atoms with van der Waals surface area (Å²) in [4.78, 5) is 26.7. The Morgan fingerprint density at radius 2 is 2.00 bits per heavy atom. The van der Waals surface area contributed by atoms with Gasteiger partial charge in [0, 0.05) is 40.8 Å². The maximum absolute atomic E-state index is 12.9. The molecule has 3 rings (SSSR count). The minimum Gasteiger partial charge on any atom is -0.506 e. The molecular weight excluding hydrogens is 380 g/mol. The van der Waals surface area contributed by atoms with Crippen molar-refractivity contribution in [1.29, 1.82) is 0 Å². The molecule has 1 heterocycles. The van der Waals surface area contributed by atoms with Crippen molar-refractivity contribution in [1.82, 2.24) is 15.0 Å². The maximum atomic E-state index is 12.9. The van der Waals surface area contributed by atoms with Crippen LogP contribution in [-0.4, -0.2) is 46.2 Å². The number of nitrogens with zero attached hydrogens (tertiary/aromatic N) is 3. The molecule has 0 bridgehead atoms. The van der Waals surface area contributed by atoms with Gasteiger partial charge in [0.15, 0.2) is 0 Å². The van der Waals surface area contributed by atoms with Gasteiger partial charge in [-0.25, -0.2) is 15.0 Å². The van der Waals surface area contributed by atoms with Crippen LogP contribution in [0.1, 0.15) is 24.2 Å². The van der Waals surface area contributed by atoms with Gasteiger partial charge in [0.1, 0.15) is 11.3 Å². The topological polar surface area (TPSA) is 87.6 Å². The highest BCUT2D eigenvalue weighted by molar-refractivity contribution is 6.33. The van der Waals surface area contributed by atoms with Crippen molar-refractivity contribution in [2.45, 2.75) is 19.9 Å². The summed E-state index contributed by atoms with van der Waals surface area (Å²) in [6, 6.07) is 8.91. The van der Waals surface area contributed by atoms with Gasteiger partial charge in [-0.15, -0.1) is 0 Å². The molecule has 1 aromatic heterocycles. The zero-order valence-electron chi connectivity index (χ0n) is 16.0. The Kier molecular flexibility index (Phi) is 5.67. The molecular formula is C20H21ClN4O3. The SMILES string of the molecule is CON(C)C(=O)c1c(O)c(-c2ccccc2Cl)cc2cnc(NC(C)C)nc12. The lowest BCUT2D eigenvalue weighted by Gasteiger charge is -2.18. The number of nitrogens with one attached hydrogen (secondary N) is 1. The minimum atomic E-state index is -0.534. The fraction of sp³-hybridized carbons (Fsp3) is 0.250. The van der Waals surface area contributed by atoms with E-state index in [4.69, 9.17) is 16.4 Å². The molecule has 0 unspecified atom stereocenters. The minimum absolute atomic E-state index is 0.0194. The normalized spacial score (nSPS) is 11.1. The summed E-state index contributed by atoms with van der Waals surface area (Å²) in [7, 11) is 2.83. The first-order valence-corrected chi connectivity index (χ1v) is 9.07.